The highest BCUT2D eigenvalue weighted by molar-refractivity contribution is 6.32. The van der Waals surface area contributed by atoms with Crippen LogP contribution >= 0.6 is 23.2 Å². The molecule has 1 N–H and O–H groups in total. The smallest absolute Gasteiger partial charge is 0.333 e. The Bertz CT molecular complexity index is 1260. The molecule has 7 heteroatoms. The summed E-state index contributed by atoms with van der Waals surface area (Å²) in [7, 11) is 0. The fourth-order valence-electron chi connectivity index (χ4n) is 3.38. The van der Waals surface area contributed by atoms with Crippen molar-refractivity contribution in [3.63, 3.8) is 0 Å². The number of hydrogen-bond donors (Lipinski definition) is 1. The number of para-hydroxylation sites is 1. The number of halogens is 2. The molecule has 0 bridgehead atoms. The molecule has 0 atom stereocenters. The fraction of sp³-hybridized carbons (Fsp3) is 0.238. The minimum absolute atomic E-state index is 0.0506. The van der Waals surface area contributed by atoms with Crippen molar-refractivity contribution in [1.29, 1.82) is 0 Å². The van der Waals surface area contributed by atoms with Crippen LogP contribution in [0.5, 0.6) is 0 Å². The number of aliphatic hydroxyl groups excluding tert-OH is 1. The lowest BCUT2D eigenvalue weighted by molar-refractivity contribution is 0.141. The van der Waals surface area contributed by atoms with Crippen LogP contribution in [0.2, 0.25) is 10.0 Å². The van der Waals surface area contributed by atoms with E-state index < -0.39 is 5.41 Å². The number of hydrogen-bond acceptors (Lipinski definition) is 3. The first kappa shape index (κ1) is 19.0. The summed E-state index contributed by atoms with van der Waals surface area (Å²) in [4.78, 5) is 18.0. The molecular formula is C21H19Cl2N3O2. The SMILES string of the molecule is CC(C)(CO)Cn1c(=O)n(-c2ccccc2Cl)c2c3cc(Cl)ccc3ncc21. The fourth-order valence-corrected chi connectivity index (χ4v) is 3.77. The molecule has 0 radical (unpaired) electrons. The van der Waals surface area contributed by atoms with Gasteiger partial charge in [-0.25, -0.2) is 4.79 Å². The normalized spacial score (nSPS) is 12.2. The van der Waals surface area contributed by atoms with Crippen LogP contribution in [0.3, 0.4) is 0 Å². The number of benzene rings is 2. The Morgan fingerprint density at radius 1 is 1.14 bits per heavy atom. The first-order valence-electron chi connectivity index (χ1n) is 8.88. The number of pyridine rings is 1. The zero-order valence-electron chi connectivity index (χ0n) is 15.5. The molecule has 2 aromatic heterocycles. The Kier molecular flexibility index (Phi) is 4.70. The summed E-state index contributed by atoms with van der Waals surface area (Å²) in [6.07, 6.45) is 1.69. The minimum Gasteiger partial charge on any atom is -0.396 e. The summed E-state index contributed by atoms with van der Waals surface area (Å²) in [5, 5.41) is 11.5. The van der Waals surface area contributed by atoms with Gasteiger partial charge in [0.05, 0.1) is 33.5 Å². The van der Waals surface area contributed by atoms with E-state index in [0.29, 0.717) is 33.3 Å². The highest BCUT2D eigenvalue weighted by Gasteiger charge is 2.24. The third-order valence-corrected chi connectivity index (χ3v) is 5.38. The van der Waals surface area contributed by atoms with Gasteiger partial charge in [-0.1, -0.05) is 49.2 Å². The van der Waals surface area contributed by atoms with Crippen molar-refractivity contribution in [2.75, 3.05) is 6.61 Å². The number of imidazole rings is 1. The Labute approximate surface area is 171 Å². The quantitative estimate of drug-likeness (QED) is 0.526. The van der Waals surface area contributed by atoms with Gasteiger partial charge in [0.25, 0.3) is 0 Å². The molecule has 28 heavy (non-hydrogen) atoms. The maximum atomic E-state index is 13.5. The van der Waals surface area contributed by atoms with Gasteiger partial charge in [0.2, 0.25) is 0 Å². The van der Waals surface area contributed by atoms with Crippen LogP contribution in [0, 0.1) is 5.41 Å². The first-order valence-corrected chi connectivity index (χ1v) is 9.63. The van der Waals surface area contributed by atoms with E-state index in [-0.39, 0.29) is 12.3 Å². The molecule has 0 aliphatic carbocycles. The number of nitrogens with zero attached hydrogens (tertiary/aromatic N) is 3. The van der Waals surface area contributed by atoms with E-state index in [4.69, 9.17) is 23.2 Å². The molecular weight excluding hydrogens is 397 g/mol. The number of aliphatic hydroxyl groups is 1. The molecule has 0 saturated carbocycles. The maximum absolute atomic E-state index is 13.5. The first-order chi connectivity index (χ1) is 13.3. The molecule has 0 unspecified atom stereocenters. The van der Waals surface area contributed by atoms with Gasteiger partial charge in [-0.15, -0.1) is 0 Å². The molecule has 2 heterocycles. The molecule has 0 fully saturated rings. The van der Waals surface area contributed by atoms with E-state index in [9.17, 15) is 9.90 Å². The molecule has 4 rings (SSSR count). The van der Waals surface area contributed by atoms with Gasteiger partial charge in [-0.3, -0.25) is 14.1 Å². The van der Waals surface area contributed by atoms with Gasteiger partial charge in [-0.05, 0) is 30.3 Å². The molecule has 0 aliphatic heterocycles. The van der Waals surface area contributed by atoms with Gasteiger partial charge < -0.3 is 5.11 Å². The molecule has 4 aromatic rings. The van der Waals surface area contributed by atoms with E-state index in [2.05, 4.69) is 4.98 Å². The standard InChI is InChI=1S/C21H19Cl2N3O2/c1-21(2,12-27)11-25-18-10-24-16-8-7-13(22)9-14(16)19(18)26(20(25)28)17-6-4-3-5-15(17)23/h3-10,27H,11-12H2,1-2H3. The highest BCUT2D eigenvalue weighted by atomic mass is 35.5. The van der Waals surface area contributed by atoms with Crippen LogP contribution in [0.4, 0.5) is 0 Å². The van der Waals surface area contributed by atoms with Gasteiger partial charge >= 0.3 is 5.69 Å². The van der Waals surface area contributed by atoms with Crippen molar-refractivity contribution in [2.45, 2.75) is 20.4 Å². The molecule has 2 aromatic carbocycles. The summed E-state index contributed by atoms with van der Waals surface area (Å²) in [5.74, 6) is 0. The van der Waals surface area contributed by atoms with Crippen molar-refractivity contribution in [2.24, 2.45) is 5.41 Å². The Morgan fingerprint density at radius 2 is 1.89 bits per heavy atom. The highest BCUT2D eigenvalue weighted by Crippen LogP contribution is 2.31. The molecule has 144 valence electrons. The average molecular weight is 416 g/mol. The van der Waals surface area contributed by atoms with Crippen LogP contribution < -0.4 is 5.69 Å². The lowest BCUT2D eigenvalue weighted by atomic mass is 9.95. The molecule has 0 spiro atoms. The minimum atomic E-state index is -0.479. The molecule has 0 saturated heterocycles. The lowest BCUT2D eigenvalue weighted by Gasteiger charge is -2.21. The topological polar surface area (TPSA) is 60.1 Å². The monoisotopic (exact) mass is 415 g/mol. The second-order valence-corrected chi connectivity index (χ2v) is 8.48. The Balaban J connectivity index is 2.17. The summed E-state index contributed by atoms with van der Waals surface area (Å²) in [6, 6.07) is 12.6. The van der Waals surface area contributed by atoms with Crippen molar-refractivity contribution in [3.05, 3.63) is 69.2 Å². The zero-order valence-corrected chi connectivity index (χ0v) is 17.0. The lowest BCUT2D eigenvalue weighted by Crippen LogP contribution is -2.31. The zero-order chi connectivity index (χ0) is 20.1. The van der Waals surface area contributed by atoms with Gasteiger partial charge in [0, 0.05) is 29.0 Å². The van der Waals surface area contributed by atoms with Crippen LogP contribution in [0.15, 0.2) is 53.5 Å². The van der Waals surface area contributed by atoms with Crippen molar-refractivity contribution >= 4 is 45.1 Å². The van der Waals surface area contributed by atoms with E-state index in [1.165, 1.54) is 0 Å². The summed E-state index contributed by atoms with van der Waals surface area (Å²) in [5.41, 5.74) is 1.97. The van der Waals surface area contributed by atoms with Gasteiger partial charge in [-0.2, -0.15) is 0 Å². The van der Waals surface area contributed by atoms with Crippen LogP contribution in [0.1, 0.15) is 13.8 Å². The van der Waals surface area contributed by atoms with Gasteiger partial charge in [0.1, 0.15) is 0 Å². The average Bonchev–Trinajstić information content (AvgIpc) is 2.94. The summed E-state index contributed by atoms with van der Waals surface area (Å²) >= 11 is 12.7. The number of aromatic nitrogens is 3. The van der Waals surface area contributed by atoms with E-state index in [0.717, 1.165) is 10.9 Å². The maximum Gasteiger partial charge on any atom is 0.333 e. The third-order valence-electron chi connectivity index (χ3n) is 4.83. The second kappa shape index (κ2) is 6.92. The van der Waals surface area contributed by atoms with Crippen LogP contribution in [0.25, 0.3) is 27.6 Å². The van der Waals surface area contributed by atoms with E-state index >= 15 is 0 Å². The molecule has 0 aliphatic rings. The number of fused-ring (bicyclic) bond motifs is 3. The Hall–Kier alpha value is -2.34. The molecule has 0 amide bonds. The van der Waals surface area contributed by atoms with Crippen molar-refractivity contribution < 1.29 is 5.11 Å². The third kappa shape index (κ3) is 3.09. The predicted molar refractivity (Wildman–Crippen MR) is 114 cm³/mol. The Morgan fingerprint density at radius 3 is 2.61 bits per heavy atom. The largest absolute Gasteiger partial charge is 0.396 e. The van der Waals surface area contributed by atoms with Crippen LogP contribution in [-0.4, -0.2) is 25.8 Å². The molecule has 5 nitrogen and oxygen atoms in total. The predicted octanol–water partition coefficient (Wildman–Crippen LogP) is 4.67. The van der Waals surface area contributed by atoms with Crippen LogP contribution in [-0.2, 0) is 6.54 Å². The summed E-state index contributed by atoms with van der Waals surface area (Å²) < 4.78 is 3.24. The van der Waals surface area contributed by atoms with Crippen molar-refractivity contribution in [1.82, 2.24) is 14.1 Å². The second-order valence-electron chi connectivity index (χ2n) is 7.63. The van der Waals surface area contributed by atoms with Gasteiger partial charge in [0.15, 0.2) is 0 Å². The van der Waals surface area contributed by atoms with Crippen molar-refractivity contribution in [3.8, 4) is 5.69 Å². The summed E-state index contributed by atoms with van der Waals surface area (Å²) in [6.45, 7) is 4.10. The number of rotatable bonds is 4. The van der Waals surface area contributed by atoms with E-state index in [1.54, 1.807) is 33.5 Å². The van der Waals surface area contributed by atoms with E-state index in [1.807, 2.05) is 38.1 Å².